The van der Waals surface area contributed by atoms with Crippen molar-refractivity contribution in [2.75, 3.05) is 0 Å². The molecule has 30 heavy (non-hydrogen) atoms. The van der Waals surface area contributed by atoms with Gasteiger partial charge in [-0.3, -0.25) is 0 Å². The summed E-state index contributed by atoms with van der Waals surface area (Å²) in [7, 11) is 0. The van der Waals surface area contributed by atoms with Crippen LogP contribution in [-0.2, 0) is 6.42 Å². The summed E-state index contributed by atoms with van der Waals surface area (Å²) in [5.41, 5.74) is 4.60. The van der Waals surface area contributed by atoms with Gasteiger partial charge in [0.1, 0.15) is 0 Å². The van der Waals surface area contributed by atoms with Crippen molar-refractivity contribution in [2.24, 2.45) is 0 Å². The van der Waals surface area contributed by atoms with Crippen LogP contribution in [0.1, 0.15) is 72.6 Å². The Hall–Kier alpha value is -2.55. The second-order valence-electron chi connectivity index (χ2n) is 8.60. The zero-order valence-corrected chi connectivity index (χ0v) is 17.3. The molecular formula is C27H27F3. The van der Waals surface area contributed by atoms with Crippen molar-refractivity contribution in [3.05, 3.63) is 106 Å². The quantitative estimate of drug-likeness (QED) is 0.377. The first-order chi connectivity index (χ1) is 14.5. The summed E-state index contributed by atoms with van der Waals surface area (Å²) in [4.78, 5) is 0. The van der Waals surface area contributed by atoms with Gasteiger partial charge in [-0.2, -0.15) is 0 Å². The molecule has 156 valence electrons. The molecule has 0 aromatic heterocycles. The molecule has 3 aromatic rings. The highest BCUT2D eigenvalue weighted by molar-refractivity contribution is 5.30. The zero-order valence-electron chi connectivity index (χ0n) is 17.3. The molecule has 0 nitrogen and oxygen atoms in total. The second-order valence-corrected chi connectivity index (χ2v) is 8.60. The van der Waals surface area contributed by atoms with Crippen LogP contribution in [0.15, 0.2) is 66.7 Å². The number of benzene rings is 3. The first kappa shape index (κ1) is 20.7. The molecule has 0 N–H and O–H groups in total. The first-order valence-electron chi connectivity index (χ1n) is 10.8. The minimum atomic E-state index is -1.38. The molecule has 1 aliphatic carbocycles. The molecule has 3 aromatic carbocycles. The van der Waals surface area contributed by atoms with Gasteiger partial charge in [0.15, 0.2) is 17.5 Å². The minimum absolute atomic E-state index is 0.0943. The molecule has 0 spiro atoms. The van der Waals surface area contributed by atoms with Crippen LogP contribution in [0.4, 0.5) is 13.2 Å². The van der Waals surface area contributed by atoms with Gasteiger partial charge >= 0.3 is 0 Å². The number of hydrogen-bond donors (Lipinski definition) is 0. The predicted octanol–water partition coefficient (Wildman–Crippen LogP) is 7.89. The Labute approximate surface area is 176 Å². The standard InChI is InChI=1S/C27H27F3/c1-18(20-5-3-2-4-6-20)15-19-7-9-21(10-8-19)22-11-13-23(14-12-22)24-16-25(28)27(30)26(29)17-24/h2-10,16-18,22-23H,11-15H2,1H3/t18-,22?,23?/m0/s1. The van der Waals surface area contributed by atoms with E-state index >= 15 is 0 Å². The Morgan fingerprint density at radius 1 is 0.733 bits per heavy atom. The lowest BCUT2D eigenvalue weighted by molar-refractivity contribution is 0.389. The van der Waals surface area contributed by atoms with Crippen LogP contribution in [0.3, 0.4) is 0 Å². The Bertz CT molecular complexity index is 948. The van der Waals surface area contributed by atoms with Crippen molar-refractivity contribution in [1.29, 1.82) is 0 Å². The fourth-order valence-corrected chi connectivity index (χ4v) is 4.75. The van der Waals surface area contributed by atoms with Crippen LogP contribution in [0, 0.1) is 17.5 Å². The number of hydrogen-bond acceptors (Lipinski definition) is 0. The average Bonchev–Trinajstić information content (AvgIpc) is 2.78. The highest BCUT2D eigenvalue weighted by Crippen LogP contribution is 2.41. The fourth-order valence-electron chi connectivity index (χ4n) is 4.75. The summed E-state index contributed by atoms with van der Waals surface area (Å²) in [5, 5.41) is 0. The van der Waals surface area contributed by atoms with Crippen LogP contribution in [0.25, 0.3) is 0 Å². The van der Waals surface area contributed by atoms with E-state index in [1.165, 1.54) is 16.7 Å². The molecule has 0 amide bonds. The van der Waals surface area contributed by atoms with Crippen molar-refractivity contribution >= 4 is 0 Å². The summed E-state index contributed by atoms with van der Waals surface area (Å²) in [5.74, 6) is -2.52. The van der Waals surface area contributed by atoms with Crippen molar-refractivity contribution in [2.45, 2.75) is 56.8 Å². The van der Waals surface area contributed by atoms with Gasteiger partial charge in [-0.05, 0) is 84.2 Å². The maximum absolute atomic E-state index is 13.6. The van der Waals surface area contributed by atoms with Crippen LogP contribution < -0.4 is 0 Å². The van der Waals surface area contributed by atoms with Crippen molar-refractivity contribution in [3.8, 4) is 0 Å². The highest BCUT2D eigenvalue weighted by Gasteiger charge is 2.25. The Morgan fingerprint density at radius 3 is 1.83 bits per heavy atom. The van der Waals surface area contributed by atoms with E-state index < -0.39 is 17.5 Å². The van der Waals surface area contributed by atoms with Crippen LogP contribution in [0.5, 0.6) is 0 Å². The molecule has 4 rings (SSSR count). The van der Waals surface area contributed by atoms with E-state index in [1.807, 2.05) is 6.07 Å². The molecule has 1 aliphatic rings. The maximum Gasteiger partial charge on any atom is 0.194 e. The molecule has 0 unspecified atom stereocenters. The number of halogens is 3. The summed E-state index contributed by atoms with van der Waals surface area (Å²) >= 11 is 0. The van der Waals surface area contributed by atoms with Crippen molar-refractivity contribution in [1.82, 2.24) is 0 Å². The first-order valence-corrected chi connectivity index (χ1v) is 10.8. The average molecular weight is 409 g/mol. The molecule has 0 saturated heterocycles. The molecular weight excluding hydrogens is 381 g/mol. The largest absolute Gasteiger partial charge is 0.204 e. The van der Waals surface area contributed by atoms with Gasteiger partial charge in [-0.15, -0.1) is 0 Å². The van der Waals surface area contributed by atoms with Gasteiger partial charge in [-0.25, -0.2) is 13.2 Å². The zero-order chi connectivity index (χ0) is 21.1. The minimum Gasteiger partial charge on any atom is -0.204 e. The number of rotatable bonds is 5. The van der Waals surface area contributed by atoms with E-state index in [4.69, 9.17) is 0 Å². The third-order valence-electron chi connectivity index (χ3n) is 6.57. The van der Waals surface area contributed by atoms with Gasteiger partial charge < -0.3 is 0 Å². The van der Waals surface area contributed by atoms with Crippen molar-refractivity contribution in [3.63, 3.8) is 0 Å². The van der Waals surface area contributed by atoms with E-state index in [0.717, 1.165) is 44.2 Å². The molecule has 0 heterocycles. The normalized spacial score (nSPS) is 20.1. The van der Waals surface area contributed by atoms with E-state index in [2.05, 4.69) is 55.5 Å². The smallest absolute Gasteiger partial charge is 0.194 e. The maximum atomic E-state index is 13.6. The molecule has 1 fully saturated rings. The van der Waals surface area contributed by atoms with Crippen LogP contribution in [0.2, 0.25) is 0 Å². The van der Waals surface area contributed by atoms with Crippen molar-refractivity contribution < 1.29 is 13.2 Å². The molecule has 0 aliphatic heterocycles. The molecule has 3 heteroatoms. The summed E-state index contributed by atoms with van der Waals surface area (Å²) in [6, 6.07) is 21.8. The Morgan fingerprint density at radius 2 is 1.27 bits per heavy atom. The summed E-state index contributed by atoms with van der Waals surface area (Å²) in [6.07, 6.45) is 4.69. The monoisotopic (exact) mass is 408 g/mol. The molecule has 1 atom stereocenters. The summed E-state index contributed by atoms with van der Waals surface area (Å²) < 4.78 is 40.3. The van der Waals surface area contributed by atoms with E-state index in [0.29, 0.717) is 17.4 Å². The van der Waals surface area contributed by atoms with Crippen LogP contribution in [-0.4, -0.2) is 0 Å². The molecule has 0 radical (unpaired) electrons. The third-order valence-corrected chi connectivity index (χ3v) is 6.57. The fraction of sp³-hybridized carbons (Fsp3) is 0.333. The molecule has 0 bridgehead atoms. The lowest BCUT2D eigenvalue weighted by Crippen LogP contribution is -2.13. The van der Waals surface area contributed by atoms with Crippen LogP contribution >= 0.6 is 0 Å². The Kier molecular flexibility index (Phi) is 6.26. The van der Waals surface area contributed by atoms with Gasteiger partial charge in [0, 0.05) is 0 Å². The lowest BCUT2D eigenvalue weighted by atomic mass is 9.76. The predicted molar refractivity (Wildman–Crippen MR) is 115 cm³/mol. The van der Waals surface area contributed by atoms with Gasteiger partial charge in [-0.1, -0.05) is 61.5 Å². The highest BCUT2D eigenvalue weighted by atomic mass is 19.2. The van der Waals surface area contributed by atoms with Gasteiger partial charge in [0.05, 0.1) is 0 Å². The van der Waals surface area contributed by atoms with E-state index in [-0.39, 0.29) is 5.92 Å². The van der Waals surface area contributed by atoms with E-state index in [9.17, 15) is 13.2 Å². The summed E-state index contributed by atoms with van der Waals surface area (Å²) in [6.45, 7) is 2.26. The van der Waals surface area contributed by atoms with E-state index in [1.54, 1.807) is 0 Å². The second kappa shape index (κ2) is 9.07. The third kappa shape index (κ3) is 4.61. The Balaban J connectivity index is 1.36. The topological polar surface area (TPSA) is 0 Å². The van der Waals surface area contributed by atoms with Gasteiger partial charge in [0.25, 0.3) is 0 Å². The van der Waals surface area contributed by atoms with Gasteiger partial charge in [0.2, 0.25) is 0 Å². The molecule has 1 saturated carbocycles. The lowest BCUT2D eigenvalue weighted by Gasteiger charge is -2.29. The SMILES string of the molecule is C[C@@H](Cc1ccc(C2CCC(c3cc(F)c(F)c(F)c3)CC2)cc1)c1ccccc1.